The van der Waals surface area contributed by atoms with Crippen LogP contribution in [0.15, 0.2) is 30.3 Å². The monoisotopic (exact) mass is 248 g/mol. The van der Waals surface area contributed by atoms with Crippen molar-refractivity contribution < 1.29 is 9.13 Å². The highest BCUT2D eigenvalue weighted by Gasteiger charge is 2.04. The molecule has 0 aliphatic heterocycles. The van der Waals surface area contributed by atoms with Crippen LogP contribution in [0.1, 0.15) is 6.92 Å². The molecule has 0 amide bonds. The van der Waals surface area contributed by atoms with E-state index in [4.69, 9.17) is 10.5 Å². The van der Waals surface area contributed by atoms with Crippen molar-refractivity contribution in [3.63, 3.8) is 0 Å². The van der Waals surface area contributed by atoms with Gasteiger partial charge in [0.05, 0.1) is 6.61 Å². The van der Waals surface area contributed by atoms with Crippen molar-refractivity contribution in [1.82, 2.24) is 10.2 Å². The van der Waals surface area contributed by atoms with Crippen molar-refractivity contribution in [2.45, 2.75) is 6.92 Å². The highest BCUT2D eigenvalue weighted by molar-refractivity contribution is 5.57. The lowest BCUT2D eigenvalue weighted by Crippen LogP contribution is -1.99. The Bertz CT molecular complexity index is 530. The molecule has 2 rings (SSSR count). The fraction of sp³-hybridized carbons (Fsp3) is 0.167. The van der Waals surface area contributed by atoms with E-state index in [-0.39, 0.29) is 5.75 Å². The topological polar surface area (TPSA) is 73.1 Å². The van der Waals surface area contributed by atoms with E-state index in [1.165, 1.54) is 6.07 Å². The van der Waals surface area contributed by atoms with Crippen LogP contribution in [0.5, 0.6) is 5.75 Å². The maximum Gasteiger partial charge on any atom is 0.167 e. The Kier molecular flexibility index (Phi) is 3.57. The molecule has 1 aromatic heterocycles. The van der Waals surface area contributed by atoms with Gasteiger partial charge in [-0.1, -0.05) is 0 Å². The molecule has 6 heteroatoms. The second kappa shape index (κ2) is 5.31. The Morgan fingerprint density at radius 3 is 2.72 bits per heavy atom. The van der Waals surface area contributed by atoms with Gasteiger partial charge in [0, 0.05) is 11.8 Å². The van der Waals surface area contributed by atoms with Crippen LogP contribution in [-0.2, 0) is 0 Å². The molecule has 0 bridgehead atoms. The summed E-state index contributed by atoms with van der Waals surface area (Å²) in [7, 11) is 0. The molecule has 3 N–H and O–H groups in total. The quantitative estimate of drug-likeness (QED) is 0.868. The third kappa shape index (κ3) is 2.85. The summed E-state index contributed by atoms with van der Waals surface area (Å²) in [5.41, 5.74) is 5.98. The third-order valence-electron chi connectivity index (χ3n) is 2.19. The number of hydrogen-bond donors (Lipinski definition) is 2. The SMILES string of the molecule is CCOc1ccc(Nc2ccc(N)nn2)cc1F. The highest BCUT2D eigenvalue weighted by Crippen LogP contribution is 2.23. The molecule has 0 unspecified atom stereocenters. The second-order valence-corrected chi connectivity index (χ2v) is 3.55. The van der Waals surface area contributed by atoms with E-state index in [0.29, 0.717) is 23.9 Å². The summed E-state index contributed by atoms with van der Waals surface area (Å²) in [6, 6.07) is 7.87. The number of nitrogen functional groups attached to an aromatic ring is 1. The molecule has 0 aliphatic rings. The molecule has 0 spiro atoms. The van der Waals surface area contributed by atoms with Gasteiger partial charge in [0.15, 0.2) is 17.4 Å². The van der Waals surface area contributed by atoms with Crippen LogP contribution in [0, 0.1) is 5.82 Å². The van der Waals surface area contributed by atoms with Gasteiger partial charge in [0.2, 0.25) is 0 Å². The zero-order valence-corrected chi connectivity index (χ0v) is 9.85. The number of anilines is 3. The average molecular weight is 248 g/mol. The maximum absolute atomic E-state index is 13.6. The number of halogens is 1. The molecule has 94 valence electrons. The number of benzene rings is 1. The average Bonchev–Trinajstić information content (AvgIpc) is 2.36. The molecule has 18 heavy (non-hydrogen) atoms. The molecule has 0 aliphatic carbocycles. The van der Waals surface area contributed by atoms with Gasteiger partial charge >= 0.3 is 0 Å². The first-order chi connectivity index (χ1) is 8.69. The first kappa shape index (κ1) is 12.1. The smallest absolute Gasteiger partial charge is 0.167 e. The lowest BCUT2D eigenvalue weighted by Gasteiger charge is -2.08. The van der Waals surface area contributed by atoms with Crippen LogP contribution in [-0.4, -0.2) is 16.8 Å². The number of rotatable bonds is 4. The predicted molar refractivity (Wildman–Crippen MR) is 67.3 cm³/mol. The molecule has 0 atom stereocenters. The van der Waals surface area contributed by atoms with E-state index >= 15 is 0 Å². The number of ether oxygens (including phenoxy) is 1. The number of hydrogen-bond acceptors (Lipinski definition) is 5. The Morgan fingerprint density at radius 2 is 2.11 bits per heavy atom. The molecule has 0 saturated carbocycles. The number of nitrogens with two attached hydrogens (primary N) is 1. The standard InChI is InChI=1S/C12H13FN4O/c1-2-18-10-4-3-8(7-9(10)13)15-12-6-5-11(14)16-17-12/h3-7H,2H2,1H3,(H2,14,16)(H,15,17). The predicted octanol–water partition coefficient (Wildman–Crippen LogP) is 2.34. The first-order valence-electron chi connectivity index (χ1n) is 5.47. The van der Waals surface area contributed by atoms with Gasteiger partial charge in [-0.25, -0.2) is 4.39 Å². The molecule has 0 fully saturated rings. The Morgan fingerprint density at radius 1 is 1.28 bits per heavy atom. The number of nitrogens with one attached hydrogen (secondary N) is 1. The summed E-state index contributed by atoms with van der Waals surface area (Å²) < 4.78 is 18.7. The molecule has 1 heterocycles. The molecular weight excluding hydrogens is 235 g/mol. The van der Waals surface area contributed by atoms with Gasteiger partial charge in [-0.2, -0.15) is 0 Å². The van der Waals surface area contributed by atoms with Gasteiger partial charge in [-0.3, -0.25) is 0 Å². The minimum Gasteiger partial charge on any atom is -0.491 e. The Balaban J connectivity index is 2.14. The molecular formula is C12H13FN4O. The van der Waals surface area contributed by atoms with Gasteiger partial charge in [0.25, 0.3) is 0 Å². The molecule has 0 radical (unpaired) electrons. The lowest BCUT2D eigenvalue weighted by atomic mass is 10.3. The zero-order valence-electron chi connectivity index (χ0n) is 9.85. The fourth-order valence-electron chi connectivity index (χ4n) is 1.41. The lowest BCUT2D eigenvalue weighted by molar-refractivity contribution is 0.321. The molecule has 5 nitrogen and oxygen atoms in total. The van der Waals surface area contributed by atoms with Crippen LogP contribution in [0.4, 0.5) is 21.7 Å². The summed E-state index contributed by atoms with van der Waals surface area (Å²) in [4.78, 5) is 0. The summed E-state index contributed by atoms with van der Waals surface area (Å²) >= 11 is 0. The van der Waals surface area contributed by atoms with E-state index in [9.17, 15) is 4.39 Å². The Hall–Kier alpha value is -2.37. The molecule has 2 aromatic rings. The summed E-state index contributed by atoms with van der Waals surface area (Å²) in [6.07, 6.45) is 0. The van der Waals surface area contributed by atoms with E-state index in [1.807, 2.05) is 0 Å². The van der Waals surface area contributed by atoms with Crippen LogP contribution < -0.4 is 15.8 Å². The normalized spacial score (nSPS) is 10.1. The van der Waals surface area contributed by atoms with E-state index in [1.54, 1.807) is 31.2 Å². The third-order valence-corrected chi connectivity index (χ3v) is 2.19. The van der Waals surface area contributed by atoms with Gasteiger partial charge in [-0.05, 0) is 31.2 Å². The highest BCUT2D eigenvalue weighted by atomic mass is 19.1. The fourth-order valence-corrected chi connectivity index (χ4v) is 1.41. The summed E-state index contributed by atoms with van der Waals surface area (Å²) in [6.45, 7) is 2.22. The Labute approximate surface area is 104 Å². The maximum atomic E-state index is 13.6. The number of aromatic nitrogens is 2. The van der Waals surface area contributed by atoms with E-state index in [0.717, 1.165) is 0 Å². The number of nitrogens with zero attached hydrogens (tertiary/aromatic N) is 2. The van der Waals surface area contributed by atoms with Crippen LogP contribution >= 0.6 is 0 Å². The van der Waals surface area contributed by atoms with Crippen molar-refractivity contribution >= 4 is 17.3 Å². The molecule has 1 aromatic carbocycles. The minimum atomic E-state index is -0.426. The first-order valence-corrected chi connectivity index (χ1v) is 5.47. The van der Waals surface area contributed by atoms with Crippen LogP contribution in [0.25, 0.3) is 0 Å². The summed E-state index contributed by atoms with van der Waals surface area (Å²) in [5.74, 6) is 0.628. The van der Waals surface area contributed by atoms with Crippen molar-refractivity contribution in [3.8, 4) is 5.75 Å². The largest absolute Gasteiger partial charge is 0.491 e. The van der Waals surface area contributed by atoms with Gasteiger partial charge < -0.3 is 15.8 Å². The van der Waals surface area contributed by atoms with Crippen molar-refractivity contribution in [2.24, 2.45) is 0 Å². The molecule has 0 saturated heterocycles. The van der Waals surface area contributed by atoms with Gasteiger partial charge in [-0.15, -0.1) is 10.2 Å². The van der Waals surface area contributed by atoms with Crippen molar-refractivity contribution in [1.29, 1.82) is 0 Å². The summed E-state index contributed by atoms with van der Waals surface area (Å²) in [5, 5.41) is 10.4. The van der Waals surface area contributed by atoms with Gasteiger partial charge in [0.1, 0.15) is 5.82 Å². The van der Waals surface area contributed by atoms with E-state index < -0.39 is 5.82 Å². The second-order valence-electron chi connectivity index (χ2n) is 3.55. The van der Waals surface area contributed by atoms with Crippen LogP contribution in [0.3, 0.4) is 0 Å². The minimum absolute atomic E-state index is 0.228. The zero-order chi connectivity index (χ0) is 13.0. The van der Waals surface area contributed by atoms with Crippen molar-refractivity contribution in [2.75, 3.05) is 17.7 Å². The van der Waals surface area contributed by atoms with Crippen molar-refractivity contribution in [3.05, 3.63) is 36.1 Å². The van der Waals surface area contributed by atoms with Crippen LogP contribution in [0.2, 0.25) is 0 Å². The van der Waals surface area contributed by atoms with E-state index in [2.05, 4.69) is 15.5 Å².